The molecule has 2 N–H and O–H groups in total. The molecule has 6 heteroatoms. The predicted molar refractivity (Wildman–Crippen MR) is 96.7 cm³/mol. The molecule has 0 bridgehead atoms. The average Bonchev–Trinajstić information content (AvgIpc) is 2.54. The molecule has 2 aromatic carbocycles. The molecule has 3 rings (SSSR count). The van der Waals surface area contributed by atoms with Crippen molar-refractivity contribution in [3.63, 3.8) is 0 Å². The number of hydrogen-bond acceptors (Lipinski definition) is 4. The zero-order valence-electron chi connectivity index (χ0n) is 13.4. The van der Waals surface area contributed by atoms with Gasteiger partial charge in [0.2, 0.25) is 5.91 Å². The van der Waals surface area contributed by atoms with Crippen molar-refractivity contribution in [2.45, 2.75) is 19.0 Å². The van der Waals surface area contributed by atoms with Gasteiger partial charge in [0, 0.05) is 0 Å². The molecule has 0 spiro atoms. The first-order valence-electron chi connectivity index (χ1n) is 7.48. The Kier molecular flexibility index (Phi) is 4.40. The number of aromatic nitrogens is 2. The largest absolute Gasteiger partial charge is 0.369 e. The van der Waals surface area contributed by atoms with Gasteiger partial charge in [0.25, 0.3) is 5.56 Å². The first-order chi connectivity index (χ1) is 11.5. The van der Waals surface area contributed by atoms with E-state index in [1.807, 2.05) is 44.2 Å². The Hall–Kier alpha value is -2.60. The first kappa shape index (κ1) is 16.3. The van der Waals surface area contributed by atoms with Gasteiger partial charge >= 0.3 is 0 Å². The van der Waals surface area contributed by atoms with Crippen molar-refractivity contribution in [1.29, 1.82) is 0 Å². The lowest BCUT2D eigenvalue weighted by Gasteiger charge is -2.15. The summed E-state index contributed by atoms with van der Waals surface area (Å²) in [6.45, 7) is 3.95. The molecule has 1 heterocycles. The number of rotatable bonds is 4. The Balaban J connectivity index is 2.30. The molecule has 0 fully saturated rings. The van der Waals surface area contributed by atoms with Gasteiger partial charge in [-0.1, -0.05) is 41.6 Å². The Morgan fingerprint density at radius 1 is 1.21 bits per heavy atom. The van der Waals surface area contributed by atoms with Gasteiger partial charge in [-0.2, -0.15) is 0 Å². The van der Waals surface area contributed by atoms with Crippen LogP contribution in [0.3, 0.4) is 0 Å². The SMILES string of the molecule is Cc1ccc(-n2c(SCC(N)=O)nc3ccccc3c2=O)c(C)c1. The lowest BCUT2D eigenvalue weighted by atomic mass is 10.1. The van der Waals surface area contributed by atoms with Crippen molar-refractivity contribution in [1.82, 2.24) is 9.55 Å². The van der Waals surface area contributed by atoms with E-state index in [0.717, 1.165) is 16.8 Å². The molecule has 0 aliphatic rings. The predicted octanol–water partition coefficient (Wildman–Crippen LogP) is 2.58. The maximum Gasteiger partial charge on any atom is 0.266 e. The Morgan fingerprint density at radius 3 is 2.67 bits per heavy atom. The number of thioether (sulfide) groups is 1. The molecule has 0 unspecified atom stereocenters. The topological polar surface area (TPSA) is 78.0 Å². The molecular formula is C18H17N3O2S. The van der Waals surface area contributed by atoms with Crippen molar-refractivity contribution >= 4 is 28.6 Å². The normalized spacial score (nSPS) is 10.9. The van der Waals surface area contributed by atoms with E-state index >= 15 is 0 Å². The highest BCUT2D eigenvalue weighted by molar-refractivity contribution is 7.99. The third kappa shape index (κ3) is 3.05. The van der Waals surface area contributed by atoms with Gasteiger partial charge < -0.3 is 5.73 Å². The highest BCUT2D eigenvalue weighted by atomic mass is 32.2. The molecule has 0 atom stereocenters. The number of primary amides is 1. The second-order valence-electron chi connectivity index (χ2n) is 5.60. The van der Waals surface area contributed by atoms with E-state index in [-0.39, 0.29) is 11.3 Å². The molecule has 1 amide bonds. The third-order valence-electron chi connectivity index (χ3n) is 3.68. The molecular weight excluding hydrogens is 322 g/mol. The van der Waals surface area contributed by atoms with E-state index in [4.69, 9.17) is 5.73 Å². The van der Waals surface area contributed by atoms with Crippen LogP contribution in [0.1, 0.15) is 11.1 Å². The summed E-state index contributed by atoms with van der Waals surface area (Å²) < 4.78 is 1.56. The van der Waals surface area contributed by atoms with Gasteiger partial charge in [0.15, 0.2) is 5.16 Å². The van der Waals surface area contributed by atoms with E-state index in [1.54, 1.807) is 16.7 Å². The summed E-state index contributed by atoms with van der Waals surface area (Å²) in [5.74, 6) is -0.384. The molecule has 0 aliphatic heterocycles. The lowest BCUT2D eigenvalue weighted by molar-refractivity contribution is -0.115. The molecule has 5 nitrogen and oxygen atoms in total. The van der Waals surface area contributed by atoms with Crippen LogP contribution in [0.4, 0.5) is 0 Å². The van der Waals surface area contributed by atoms with Crippen molar-refractivity contribution in [2.24, 2.45) is 5.73 Å². The number of nitrogens with zero attached hydrogens (tertiary/aromatic N) is 2. The fourth-order valence-corrected chi connectivity index (χ4v) is 3.36. The van der Waals surface area contributed by atoms with Gasteiger partial charge in [0.05, 0.1) is 22.3 Å². The van der Waals surface area contributed by atoms with Crippen LogP contribution in [0.2, 0.25) is 0 Å². The number of aryl methyl sites for hydroxylation is 2. The smallest absolute Gasteiger partial charge is 0.266 e. The molecule has 122 valence electrons. The van der Waals surface area contributed by atoms with Crippen molar-refractivity contribution in [3.05, 3.63) is 63.9 Å². The minimum atomic E-state index is -0.449. The highest BCUT2D eigenvalue weighted by Crippen LogP contribution is 2.23. The van der Waals surface area contributed by atoms with Crippen LogP contribution in [0, 0.1) is 13.8 Å². The highest BCUT2D eigenvalue weighted by Gasteiger charge is 2.15. The summed E-state index contributed by atoms with van der Waals surface area (Å²) in [6, 6.07) is 13.1. The summed E-state index contributed by atoms with van der Waals surface area (Å²) in [7, 11) is 0. The number of benzene rings is 2. The Morgan fingerprint density at radius 2 is 1.96 bits per heavy atom. The second kappa shape index (κ2) is 6.49. The lowest BCUT2D eigenvalue weighted by Crippen LogP contribution is -2.23. The number of hydrogen-bond donors (Lipinski definition) is 1. The molecule has 0 radical (unpaired) electrons. The number of amides is 1. The number of fused-ring (bicyclic) bond motifs is 1. The van der Waals surface area contributed by atoms with Gasteiger partial charge in [-0.3, -0.25) is 14.2 Å². The molecule has 0 aliphatic carbocycles. The van der Waals surface area contributed by atoms with Crippen LogP contribution in [-0.2, 0) is 4.79 Å². The average molecular weight is 339 g/mol. The number of nitrogens with two attached hydrogens (primary N) is 1. The van der Waals surface area contributed by atoms with E-state index in [9.17, 15) is 9.59 Å². The van der Waals surface area contributed by atoms with Gasteiger partial charge in [0.1, 0.15) is 0 Å². The number of para-hydroxylation sites is 1. The number of carbonyl (C=O) groups excluding carboxylic acids is 1. The maximum absolute atomic E-state index is 13.0. The fourth-order valence-electron chi connectivity index (χ4n) is 2.61. The van der Waals surface area contributed by atoms with Gasteiger partial charge in [-0.15, -0.1) is 0 Å². The van der Waals surface area contributed by atoms with E-state index in [0.29, 0.717) is 16.1 Å². The van der Waals surface area contributed by atoms with Crippen molar-refractivity contribution in [2.75, 3.05) is 5.75 Å². The second-order valence-corrected chi connectivity index (χ2v) is 6.54. The Bertz CT molecular complexity index is 995. The van der Waals surface area contributed by atoms with Crippen molar-refractivity contribution < 1.29 is 4.79 Å². The minimum absolute atomic E-state index is 0.0652. The summed E-state index contributed by atoms with van der Waals surface area (Å²) >= 11 is 1.17. The van der Waals surface area contributed by atoms with Crippen LogP contribution >= 0.6 is 11.8 Å². The van der Waals surface area contributed by atoms with E-state index in [1.165, 1.54) is 11.8 Å². The van der Waals surface area contributed by atoms with Crippen LogP contribution in [0.5, 0.6) is 0 Å². The van der Waals surface area contributed by atoms with E-state index in [2.05, 4.69) is 4.98 Å². The fraction of sp³-hybridized carbons (Fsp3) is 0.167. The zero-order chi connectivity index (χ0) is 17.3. The molecule has 0 saturated carbocycles. The molecule has 0 saturated heterocycles. The standard InChI is InChI=1S/C18H17N3O2S/c1-11-7-8-15(12(2)9-11)21-17(23)13-5-3-4-6-14(13)20-18(21)24-10-16(19)22/h3-9H,10H2,1-2H3,(H2,19,22). The van der Waals surface area contributed by atoms with Gasteiger partial charge in [-0.05, 0) is 37.6 Å². The van der Waals surface area contributed by atoms with Crippen LogP contribution in [0.25, 0.3) is 16.6 Å². The monoisotopic (exact) mass is 339 g/mol. The molecule has 1 aromatic heterocycles. The first-order valence-corrected chi connectivity index (χ1v) is 8.46. The van der Waals surface area contributed by atoms with Gasteiger partial charge in [-0.25, -0.2) is 4.98 Å². The zero-order valence-corrected chi connectivity index (χ0v) is 14.3. The Labute approximate surface area is 143 Å². The van der Waals surface area contributed by atoms with Crippen LogP contribution < -0.4 is 11.3 Å². The van der Waals surface area contributed by atoms with Crippen LogP contribution in [0.15, 0.2) is 52.4 Å². The summed E-state index contributed by atoms with van der Waals surface area (Å²) in [5.41, 5.74) is 8.55. The molecule has 3 aromatic rings. The quantitative estimate of drug-likeness (QED) is 0.585. The maximum atomic E-state index is 13.0. The number of carbonyl (C=O) groups is 1. The van der Waals surface area contributed by atoms with E-state index < -0.39 is 5.91 Å². The molecule has 24 heavy (non-hydrogen) atoms. The summed E-state index contributed by atoms with van der Waals surface area (Å²) in [4.78, 5) is 28.8. The minimum Gasteiger partial charge on any atom is -0.369 e. The summed E-state index contributed by atoms with van der Waals surface area (Å²) in [5, 5.41) is 1.00. The van der Waals surface area contributed by atoms with Crippen LogP contribution in [-0.4, -0.2) is 21.2 Å². The van der Waals surface area contributed by atoms with Crippen molar-refractivity contribution in [3.8, 4) is 5.69 Å². The third-order valence-corrected chi connectivity index (χ3v) is 4.64. The summed E-state index contributed by atoms with van der Waals surface area (Å²) in [6.07, 6.45) is 0.